The van der Waals surface area contributed by atoms with Crippen molar-refractivity contribution in [3.63, 3.8) is 0 Å². The zero-order chi connectivity index (χ0) is 15.1. The van der Waals surface area contributed by atoms with Crippen molar-refractivity contribution < 1.29 is 4.79 Å². The molecule has 4 nitrogen and oxygen atoms in total. The van der Waals surface area contributed by atoms with Gasteiger partial charge in [-0.1, -0.05) is 35.9 Å². The minimum Gasteiger partial charge on any atom is -0.317 e. The van der Waals surface area contributed by atoms with Gasteiger partial charge in [-0.05, 0) is 42.9 Å². The van der Waals surface area contributed by atoms with Gasteiger partial charge in [0.05, 0.1) is 0 Å². The number of rotatable bonds is 3. The van der Waals surface area contributed by atoms with E-state index in [2.05, 4.69) is 15.6 Å². The van der Waals surface area contributed by atoms with Crippen molar-refractivity contribution in [3.8, 4) is 0 Å². The summed E-state index contributed by atoms with van der Waals surface area (Å²) < 4.78 is 0. The van der Waals surface area contributed by atoms with Crippen LogP contribution in [-0.2, 0) is 4.79 Å². The van der Waals surface area contributed by atoms with Gasteiger partial charge < -0.3 is 5.32 Å². The van der Waals surface area contributed by atoms with E-state index in [1.54, 1.807) is 24.4 Å². The van der Waals surface area contributed by atoms with Crippen LogP contribution in [0, 0.1) is 6.92 Å². The van der Waals surface area contributed by atoms with Gasteiger partial charge in [-0.25, -0.2) is 4.98 Å². The second kappa shape index (κ2) is 7.31. The number of pyridine rings is 1. The molecule has 1 aromatic carbocycles. The first kappa shape index (κ1) is 14.9. The van der Waals surface area contributed by atoms with Crippen molar-refractivity contribution >= 4 is 35.1 Å². The highest BCUT2D eigenvalue weighted by Gasteiger charge is 2.01. The van der Waals surface area contributed by atoms with Gasteiger partial charge in [0.2, 0.25) is 5.91 Å². The van der Waals surface area contributed by atoms with Crippen LogP contribution in [-0.4, -0.2) is 16.0 Å². The number of carbonyl (C=O) groups is 1. The molecule has 0 aliphatic carbocycles. The molecule has 0 unspecified atom stereocenters. The number of nitrogens with zero attached hydrogens (tertiary/aromatic N) is 1. The third-order valence-corrected chi connectivity index (χ3v) is 2.85. The largest absolute Gasteiger partial charge is 0.317 e. The van der Waals surface area contributed by atoms with Crippen LogP contribution in [0.2, 0.25) is 0 Å². The van der Waals surface area contributed by atoms with Crippen molar-refractivity contribution in [2.24, 2.45) is 0 Å². The summed E-state index contributed by atoms with van der Waals surface area (Å²) in [5, 5.41) is 5.61. The van der Waals surface area contributed by atoms with Gasteiger partial charge in [0.1, 0.15) is 5.82 Å². The molecule has 2 aromatic rings. The lowest BCUT2D eigenvalue weighted by Gasteiger charge is -2.06. The van der Waals surface area contributed by atoms with Crippen LogP contribution < -0.4 is 10.6 Å². The molecule has 0 fully saturated rings. The number of amides is 1. The Balaban J connectivity index is 1.86. The molecule has 0 atom stereocenters. The third kappa shape index (κ3) is 5.16. The van der Waals surface area contributed by atoms with Crippen molar-refractivity contribution in [1.29, 1.82) is 0 Å². The third-order valence-electron chi connectivity index (χ3n) is 2.65. The standard InChI is InChI=1S/C16H15N3OS/c1-12-5-7-13(8-6-12)9-10-15(20)19-16(21)18-14-4-2-3-11-17-14/h2-11H,1H3,(H2,17,18,19,20,21). The molecule has 1 heterocycles. The van der Waals surface area contributed by atoms with Crippen molar-refractivity contribution in [2.45, 2.75) is 6.92 Å². The number of nitrogens with one attached hydrogen (secondary N) is 2. The van der Waals surface area contributed by atoms with Gasteiger partial charge in [0, 0.05) is 12.3 Å². The Bertz CT molecular complexity index is 651. The highest BCUT2D eigenvalue weighted by Crippen LogP contribution is 2.04. The van der Waals surface area contributed by atoms with E-state index in [0.29, 0.717) is 5.82 Å². The Morgan fingerprint density at radius 1 is 1.19 bits per heavy atom. The summed E-state index contributed by atoms with van der Waals surface area (Å²) in [6.07, 6.45) is 4.82. The van der Waals surface area contributed by atoms with Gasteiger partial charge in [0.25, 0.3) is 0 Å². The predicted octanol–water partition coefficient (Wildman–Crippen LogP) is 2.92. The fourth-order valence-corrected chi connectivity index (χ4v) is 1.79. The molecule has 0 bridgehead atoms. The van der Waals surface area contributed by atoms with Crippen LogP contribution >= 0.6 is 12.2 Å². The minimum absolute atomic E-state index is 0.215. The van der Waals surface area contributed by atoms with E-state index in [-0.39, 0.29) is 11.0 Å². The van der Waals surface area contributed by atoms with Crippen LogP contribution in [0.4, 0.5) is 5.82 Å². The van der Waals surface area contributed by atoms with Crippen LogP contribution in [0.25, 0.3) is 6.08 Å². The Hall–Kier alpha value is -2.53. The molecule has 0 aliphatic rings. The number of aryl methyl sites for hydroxylation is 1. The number of thiocarbonyl (C=S) groups is 1. The first-order valence-corrected chi connectivity index (χ1v) is 6.82. The molecule has 0 spiro atoms. The van der Waals surface area contributed by atoms with Crippen LogP contribution in [0.5, 0.6) is 0 Å². The number of carbonyl (C=O) groups excluding carboxylic acids is 1. The summed E-state index contributed by atoms with van der Waals surface area (Å²) in [4.78, 5) is 15.8. The number of hydrogen-bond donors (Lipinski definition) is 2. The average Bonchev–Trinajstić information content (AvgIpc) is 2.47. The molecule has 0 saturated heterocycles. The smallest absolute Gasteiger partial charge is 0.250 e. The SMILES string of the molecule is Cc1ccc(C=CC(=O)NC(=S)Nc2ccccn2)cc1. The zero-order valence-electron chi connectivity index (χ0n) is 11.5. The molecule has 1 amide bonds. The first-order chi connectivity index (χ1) is 10.1. The molecular weight excluding hydrogens is 282 g/mol. The van der Waals surface area contributed by atoms with Crippen molar-refractivity contribution in [1.82, 2.24) is 10.3 Å². The number of benzene rings is 1. The Morgan fingerprint density at radius 3 is 2.62 bits per heavy atom. The summed E-state index contributed by atoms with van der Waals surface area (Å²) in [6, 6.07) is 13.3. The topological polar surface area (TPSA) is 54.0 Å². The summed E-state index contributed by atoms with van der Waals surface area (Å²) in [5.41, 5.74) is 2.14. The fraction of sp³-hybridized carbons (Fsp3) is 0.0625. The Morgan fingerprint density at radius 2 is 1.95 bits per heavy atom. The highest BCUT2D eigenvalue weighted by atomic mass is 32.1. The highest BCUT2D eigenvalue weighted by molar-refractivity contribution is 7.80. The molecule has 2 N–H and O–H groups in total. The maximum atomic E-state index is 11.7. The molecule has 0 aliphatic heterocycles. The van der Waals surface area contributed by atoms with Crippen LogP contribution in [0.15, 0.2) is 54.7 Å². The van der Waals surface area contributed by atoms with Crippen LogP contribution in [0.3, 0.4) is 0 Å². The van der Waals surface area contributed by atoms with E-state index >= 15 is 0 Å². The van der Waals surface area contributed by atoms with Crippen LogP contribution in [0.1, 0.15) is 11.1 Å². The summed E-state index contributed by atoms with van der Waals surface area (Å²) in [5.74, 6) is 0.300. The Kier molecular flexibility index (Phi) is 5.17. The molecule has 5 heteroatoms. The van der Waals surface area contributed by atoms with E-state index in [4.69, 9.17) is 12.2 Å². The van der Waals surface area contributed by atoms with Gasteiger partial charge in [0.15, 0.2) is 5.11 Å². The lowest BCUT2D eigenvalue weighted by Crippen LogP contribution is -2.33. The molecule has 0 saturated carbocycles. The summed E-state index contributed by atoms with van der Waals surface area (Å²) in [6.45, 7) is 2.02. The van der Waals surface area contributed by atoms with Gasteiger partial charge in [-0.15, -0.1) is 0 Å². The monoisotopic (exact) mass is 297 g/mol. The average molecular weight is 297 g/mol. The first-order valence-electron chi connectivity index (χ1n) is 6.41. The molecule has 1 aromatic heterocycles. The lowest BCUT2D eigenvalue weighted by molar-refractivity contribution is -0.115. The summed E-state index contributed by atoms with van der Waals surface area (Å²) >= 11 is 5.04. The fourth-order valence-electron chi connectivity index (χ4n) is 1.59. The lowest BCUT2D eigenvalue weighted by atomic mass is 10.1. The second-order valence-corrected chi connectivity index (χ2v) is 4.81. The minimum atomic E-state index is -0.288. The number of hydrogen-bond acceptors (Lipinski definition) is 3. The molecule has 0 radical (unpaired) electrons. The predicted molar refractivity (Wildman–Crippen MR) is 88.8 cm³/mol. The van der Waals surface area contributed by atoms with E-state index < -0.39 is 0 Å². The van der Waals surface area contributed by atoms with E-state index in [1.165, 1.54) is 11.6 Å². The molecule has 21 heavy (non-hydrogen) atoms. The van der Waals surface area contributed by atoms with Gasteiger partial charge in [-0.2, -0.15) is 0 Å². The van der Waals surface area contributed by atoms with E-state index in [0.717, 1.165) is 5.56 Å². The normalized spacial score (nSPS) is 10.3. The van der Waals surface area contributed by atoms with Crippen molar-refractivity contribution in [3.05, 3.63) is 65.9 Å². The second-order valence-electron chi connectivity index (χ2n) is 4.40. The number of anilines is 1. The van der Waals surface area contributed by atoms with Gasteiger partial charge >= 0.3 is 0 Å². The molecule has 106 valence electrons. The maximum absolute atomic E-state index is 11.7. The maximum Gasteiger partial charge on any atom is 0.250 e. The van der Waals surface area contributed by atoms with Gasteiger partial charge in [-0.3, -0.25) is 10.1 Å². The quantitative estimate of drug-likeness (QED) is 0.675. The van der Waals surface area contributed by atoms with Crippen molar-refractivity contribution in [2.75, 3.05) is 5.32 Å². The van der Waals surface area contributed by atoms with E-state index in [1.807, 2.05) is 37.3 Å². The molecule has 2 rings (SSSR count). The zero-order valence-corrected chi connectivity index (χ0v) is 12.4. The summed E-state index contributed by atoms with van der Waals surface area (Å²) in [7, 11) is 0. The Labute approximate surface area is 128 Å². The molecular formula is C16H15N3OS. The number of aromatic nitrogens is 1. The van der Waals surface area contributed by atoms with E-state index in [9.17, 15) is 4.79 Å².